The van der Waals surface area contributed by atoms with Crippen LogP contribution in [-0.4, -0.2) is 62.0 Å². The normalized spacial score (nSPS) is 23.6. The molecule has 0 radical (unpaired) electrons. The molecule has 1 aliphatic heterocycles. The fourth-order valence-electron chi connectivity index (χ4n) is 3.96. The van der Waals surface area contributed by atoms with Crippen molar-refractivity contribution in [1.29, 1.82) is 0 Å². The first kappa shape index (κ1) is 20.7. The summed E-state index contributed by atoms with van der Waals surface area (Å²) >= 11 is 0. The van der Waals surface area contributed by atoms with Crippen LogP contribution in [0.25, 0.3) is 0 Å². The van der Waals surface area contributed by atoms with Crippen LogP contribution in [0.2, 0.25) is 0 Å². The molecular formula is C18H36ClN3O. The Hall–Kier alpha value is -0.320. The summed E-state index contributed by atoms with van der Waals surface area (Å²) in [5.74, 6) is 1.58. The number of rotatable bonds is 7. The van der Waals surface area contributed by atoms with Gasteiger partial charge >= 0.3 is 0 Å². The summed E-state index contributed by atoms with van der Waals surface area (Å²) in [5, 5.41) is 3.48. The van der Waals surface area contributed by atoms with Gasteiger partial charge in [0.25, 0.3) is 0 Å². The Kier molecular flexibility index (Phi) is 9.48. The van der Waals surface area contributed by atoms with Gasteiger partial charge in [-0.05, 0) is 64.7 Å². The molecule has 1 aliphatic carbocycles. The molecule has 0 spiro atoms. The van der Waals surface area contributed by atoms with Crippen LogP contribution < -0.4 is 5.32 Å². The Morgan fingerprint density at radius 1 is 1.13 bits per heavy atom. The van der Waals surface area contributed by atoms with Gasteiger partial charge in [0.2, 0.25) is 5.91 Å². The minimum absolute atomic E-state index is 0. The van der Waals surface area contributed by atoms with Crippen molar-refractivity contribution >= 4 is 18.3 Å². The number of amides is 1. The van der Waals surface area contributed by atoms with E-state index in [1.54, 1.807) is 0 Å². The maximum atomic E-state index is 12.9. The van der Waals surface area contributed by atoms with Crippen LogP contribution in [0, 0.1) is 11.8 Å². The van der Waals surface area contributed by atoms with Crippen LogP contribution >= 0.6 is 12.4 Å². The van der Waals surface area contributed by atoms with Gasteiger partial charge in [-0.15, -0.1) is 12.4 Å². The third-order valence-corrected chi connectivity index (χ3v) is 5.51. The number of halogens is 1. The molecule has 4 nitrogen and oxygen atoms in total. The van der Waals surface area contributed by atoms with Gasteiger partial charge in [-0.1, -0.05) is 19.8 Å². The predicted octanol–water partition coefficient (Wildman–Crippen LogP) is 2.77. The van der Waals surface area contributed by atoms with Crippen LogP contribution in [0.1, 0.15) is 51.9 Å². The van der Waals surface area contributed by atoms with E-state index in [-0.39, 0.29) is 12.4 Å². The Morgan fingerprint density at radius 3 is 2.39 bits per heavy atom. The number of nitrogens with zero attached hydrogens (tertiary/aromatic N) is 2. The van der Waals surface area contributed by atoms with Crippen molar-refractivity contribution in [2.24, 2.45) is 11.8 Å². The Balaban J connectivity index is 0.00000264. The van der Waals surface area contributed by atoms with Gasteiger partial charge in [-0.2, -0.15) is 0 Å². The van der Waals surface area contributed by atoms with E-state index in [0.717, 1.165) is 32.6 Å². The summed E-state index contributed by atoms with van der Waals surface area (Å²) in [6, 6.07) is 0.504. The Labute approximate surface area is 148 Å². The lowest BCUT2D eigenvalue weighted by molar-refractivity contribution is -0.135. The number of carbonyl (C=O) groups is 1. The number of hydrogen-bond donors (Lipinski definition) is 1. The summed E-state index contributed by atoms with van der Waals surface area (Å²) in [6.07, 6.45) is 8.27. The van der Waals surface area contributed by atoms with E-state index in [9.17, 15) is 4.79 Å². The summed E-state index contributed by atoms with van der Waals surface area (Å²) in [6.45, 7) is 6.38. The lowest BCUT2D eigenvalue weighted by Crippen LogP contribution is -2.44. The van der Waals surface area contributed by atoms with E-state index >= 15 is 0 Å². The molecule has 1 amide bonds. The molecule has 2 aliphatic rings. The van der Waals surface area contributed by atoms with E-state index in [1.807, 2.05) is 0 Å². The third kappa shape index (κ3) is 6.60. The smallest absolute Gasteiger partial charge is 0.223 e. The highest BCUT2D eigenvalue weighted by atomic mass is 35.5. The molecule has 23 heavy (non-hydrogen) atoms. The third-order valence-electron chi connectivity index (χ3n) is 5.51. The zero-order valence-electron chi connectivity index (χ0n) is 15.2. The first-order chi connectivity index (χ1) is 10.6. The van der Waals surface area contributed by atoms with Crippen LogP contribution in [0.3, 0.4) is 0 Å². The minimum Gasteiger partial charge on any atom is -0.338 e. The topological polar surface area (TPSA) is 35.6 Å². The summed E-state index contributed by atoms with van der Waals surface area (Å²) in [7, 11) is 4.18. The van der Waals surface area contributed by atoms with E-state index in [2.05, 4.69) is 36.1 Å². The zero-order valence-corrected chi connectivity index (χ0v) is 16.0. The van der Waals surface area contributed by atoms with Crippen molar-refractivity contribution in [3.63, 3.8) is 0 Å². The minimum atomic E-state index is 0. The molecule has 0 aromatic rings. The second-order valence-corrected chi connectivity index (χ2v) is 7.62. The van der Waals surface area contributed by atoms with Crippen LogP contribution in [0.4, 0.5) is 0 Å². The standard InChI is InChI=1S/C18H35N3O.ClH/c1-15(16-7-6-10-19-14-16)13-18(22)21(12-11-20(2)3)17-8-4-5-9-17;/h15-17,19H,4-14H2,1-3H3;1H. The van der Waals surface area contributed by atoms with E-state index in [1.165, 1.54) is 38.5 Å². The van der Waals surface area contributed by atoms with Gasteiger partial charge in [0.15, 0.2) is 0 Å². The molecule has 0 aromatic heterocycles. The molecular weight excluding hydrogens is 310 g/mol. The molecule has 1 heterocycles. The molecule has 0 bridgehead atoms. The van der Waals surface area contributed by atoms with Crippen molar-refractivity contribution < 1.29 is 4.79 Å². The molecule has 0 aromatic carbocycles. The number of nitrogens with one attached hydrogen (secondary N) is 1. The lowest BCUT2D eigenvalue weighted by atomic mass is 9.85. The van der Waals surface area contributed by atoms with E-state index in [0.29, 0.717) is 23.8 Å². The number of likely N-dealkylation sites (N-methyl/N-ethyl adjacent to an activating group) is 1. The van der Waals surface area contributed by atoms with E-state index < -0.39 is 0 Å². The second-order valence-electron chi connectivity index (χ2n) is 7.62. The fourth-order valence-corrected chi connectivity index (χ4v) is 3.96. The molecule has 2 unspecified atom stereocenters. The zero-order chi connectivity index (χ0) is 15.9. The molecule has 1 saturated carbocycles. The van der Waals surface area contributed by atoms with E-state index in [4.69, 9.17) is 0 Å². The molecule has 1 N–H and O–H groups in total. The highest BCUT2D eigenvalue weighted by Gasteiger charge is 2.29. The number of piperidine rings is 1. The van der Waals surface area contributed by atoms with Gasteiger partial charge in [0.05, 0.1) is 0 Å². The van der Waals surface area contributed by atoms with Crippen LogP contribution in [-0.2, 0) is 4.79 Å². The number of hydrogen-bond acceptors (Lipinski definition) is 3. The molecule has 136 valence electrons. The highest BCUT2D eigenvalue weighted by Crippen LogP contribution is 2.27. The largest absolute Gasteiger partial charge is 0.338 e. The Bertz CT molecular complexity index is 339. The van der Waals surface area contributed by atoms with Crippen molar-refractivity contribution in [1.82, 2.24) is 15.1 Å². The highest BCUT2D eigenvalue weighted by molar-refractivity contribution is 5.85. The van der Waals surface area contributed by atoms with Crippen LogP contribution in [0.15, 0.2) is 0 Å². The Morgan fingerprint density at radius 2 is 1.83 bits per heavy atom. The average Bonchev–Trinajstić information content (AvgIpc) is 3.02. The van der Waals surface area contributed by atoms with Gasteiger partial charge in [0.1, 0.15) is 0 Å². The van der Waals surface area contributed by atoms with Crippen molar-refractivity contribution in [3.05, 3.63) is 0 Å². The molecule has 5 heteroatoms. The summed E-state index contributed by atoms with van der Waals surface area (Å²) in [5.41, 5.74) is 0. The first-order valence-electron chi connectivity index (χ1n) is 9.23. The van der Waals surface area contributed by atoms with Gasteiger partial charge in [0, 0.05) is 25.6 Å². The van der Waals surface area contributed by atoms with Gasteiger partial charge in [-0.3, -0.25) is 4.79 Å². The predicted molar refractivity (Wildman–Crippen MR) is 99.1 cm³/mol. The maximum Gasteiger partial charge on any atom is 0.223 e. The molecule has 2 fully saturated rings. The second kappa shape index (κ2) is 10.5. The SMILES string of the molecule is CC(CC(=O)N(CCN(C)C)C1CCCC1)C1CCCNC1.Cl. The van der Waals surface area contributed by atoms with Gasteiger partial charge < -0.3 is 15.1 Å². The maximum absolute atomic E-state index is 12.9. The number of carbonyl (C=O) groups excluding carboxylic acids is 1. The van der Waals surface area contributed by atoms with Crippen molar-refractivity contribution in [2.45, 2.75) is 57.9 Å². The summed E-state index contributed by atoms with van der Waals surface area (Å²) < 4.78 is 0. The quantitative estimate of drug-likeness (QED) is 0.770. The first-order valence-corrected chi connectivity index (χ1v) is 9.23. The summed E-state index contributed by atoms with van der Waals surface area (Å²) in [4.78, 5) is 17.3. The van der Waals surface area contributed by atoms with Crippen LogP contribution in [0.5, 0.6) is 0 Å². The lowest BCUT2D eigenvalue weighted by Gasteiger charge is -2.33. The monoisotopic (exact) mass is 345 g/mol. The fraction of sp³-hybridized carbons (Fsp3) is 0.944. The molecule has 2 atom stereocenters. The molecule has 2 rings (SSSR count). The van der Waals surface area contributed by atoms with Crippen molar-refractivity contribution in [3.8, 4) is 0 Å². The van der Waals surface area contributed by atoms with Gasteiger partial charge in [-0.25, -0.2) is 0 Å². The van der Waals surface area contributed by atoms with Crippen molar-refractivity contribution in [2.75, 3.05) is 40.3 Å². The molecule has 1 saturated heterocycles. The average molecular weight is 346 g/mol.